The van der Waals surface area contributed by atoms with E-state index in [0.29, 0.717) is 6.61 Å². The van der Waals surface area contributed by atoms with Crippen molar-refractivity contribution in [1.82, 2.24) is 4.57 Å². The molecule has 0 saturated carbocycles. The lowest BCUT2D eigenvalue weighted by Crippen LogP contribution is -2.07. The highest BCUT2D eigenvalue weighted by Crippen LogP contribution is 2.31. The lowest BCUT2D eigenvalue weighted by molar-refractivity contribution is 0.298. The Bertz CT molecular complexity index is 650. The molecule has 2 heteroatoms. The molecule has 0 radical (unpaired) electrons. The first-order valence-corrected chi connectivity index (χ1v) is 8.40. The van der Waals surface area contributed by atoms with Gasteiger partial charge in [-0.15, -0.1) is 0 Å². The van der Waals surface area contributed by atoms with Crippen LogP contribution >= 0.6 is 0 Å². The molecule has 0 spiro atoms. The van der Waals surface area contributed by atoms with Crippen LogP contribution in [-0.2, 0) is 6.54 Å². The van der Waals surface area contributed by atoms with E-state index in [4.69, 9.17) is 4.74 Å². The second-order valence-corrected chi connectivity index (χ2v) is 5.56. The van der Waals surface area contributed by atoms with E-state index in [1.165, 1.54) is 16.7 Å². The first-order valence-electron chi connectivity index (χ1n) is 8.40. The predicted molar refractivity (Wildman–Crippen MR) is 98.7 cm³/mol. The van der Waals surface area contributed by atoms with Gasteiger partial charge in [0.15, 0.2) is 0 Å². The summed E-state index contributed by atoms with van der Waals surface area (Å²) >= 11 is 0. The van der Waals surface area contributed by atoms with Gasteiger partial charge >= 0.3 is 0 Å². The Hall–Kier alpha value is -2.22. The number of hydrogen-bond donors (Lipinski definition) is 0. The molecular weight excluding hydrogens is 282 g/mol. The van der Waals surface area contributed by atoms with E-state index in [-0.39, 0.29) is 0 Å². The van der Waals surface area contributed by atoms with Crippen molar-refractivity contribution in [3.05, 3.63) is 72.1 Å². The summed E-state index contributed by atoms with van der Waals surface area (Å²) in [7, 11) is 0. The van der Waals surface area contributed by atoms with Crippen LogP contribution in [0.3, 0.4) is 0 Å². The van der Waals surface area contributed by atoms with Crippen molar-refractivity contribution in [3.8, 4) is 5.75 Å². The van der Waals surface area contributed by atoms with Crippen LogP contribution in [-0.4, -0.2) is 11.2 Å². The van der Waals surface area contributed by atoms with E-state index in [2.05, 4.69) is 68.1 Å². The number of rotatable bonds is 8. The highest BCUT2D eigenvalue weighted by molar-refractivity contribution is 5.72. The van der Waals surface area contributed by atoms with Gasteiger partial charge in [0.05, 0.1) is 6.54 Å². The fourth-order valence-electron chi connectivity index (χ4n) is 2.67. The maximum Gasteiger partial charge on any atom is 0.126 e. The zero-order valence-electron chi connectivity index (χ0n) is 14.5. The molecular formula is C21H27NO. The lowest BCUT2D eigenvalue weighted by atomic mass is 9.96. The van der Waals surface area contributed by atoms with Crippen molar-refractivity contribution in [2.24, 2.45) is 0 Å². The molecule has 122 valence electrons. The minimum Gasteiger partial charge on any atom is -0.491 e. The van der Waals surface area contributed by atoms with Crippen molar-refractivity contribution < 1.29 is 4.74 Å². The Morgan fingerprint density at radius 2 is 1.78 bits per heavy atom. The SMILES string of the molecule is CC=C(CC)CC(=CC)c1ccccc1OCCn1cccc1. The number of aromatic nitrogens is 1. The average molecular weight is 309 g/mol. The number of para-hydroxylation sites is 1. The summed E-state index contributed by atoms with van der Waals surface area (Å²) in [4.78, 5) is 0. The van der Waals surface area contributed by atoms with Crippen molar-refractivity contribution in [2.45, 2.75) is 40.2 Å². The number of allylic oxidation sites excluding steroid dienone is 4. The fourth-order valence-corrected chi connectivity index (χ4v) is 2.67. The van der Waals surface area contributed by atoms with Gasteiger partial charge in [-0.25, -0.2) is 0 Å². The van der Waals surface area contributed by atoms with Crippen LogP contribution in [0.2, 0.25) is 0 Å². The van der Waals surface area contributed by atoms with Gasteiger partial charge in [-0.2, -0.15) is 0 Å². The molecule has 0 bridgehead atoms. The molecule has 2 nitrogen and oxygen atoms in total. The molecule has 0 saturated heterocycles. The molecule has 1 heterocycles. The van der Waals surface area contributed by atoms with E-state index in [9.17, 15) is 0 Å². The summed E-state index contributed by atoms with van der Waals surface area (Å²) in [5, 5.41) is 0. The third-order valence-corrected chi connectivity index (χ3v) is 4.13. The zero-order valence-corrected chi connectivity index (χ0v) is 14.5. The van der Waals surface area contributed by atoms with Crippen LogP contribution in [0.4, 0.5) is 0 Å². The number of ether oxygens (including phenoxy) is 1. The summed E-state index contributed by atoms with van der Waals surface area (Å²) in [6.45, 7) is 7.97. The first kappa shape index (κ1) is 17.1. The topological polar surface area (TPSA) is 14.2 Å². The average Bonchev–Trinajstić information content (AvgIpc) is 3.10. The third kappa shape index (κ3) is 4.88. The van der Waals surface area contributed by atoms with Gasteiger partial charge in [0.2, 0.25) is 0 Å². The van der Waals surface area contributed by atoms with Gasteiger partial charge in [0.25, 0.3) is 0 Å². The monoisotopic (exact) mass is 309 g/mol. The van der Waals surface area contributed by atoms with E-state index in [1.807, 2.05) is 18.2 Å². The van der Waals surface area contributed by atoms with Gasteiger partial charge in [0.1, 0.15) is 12.4 Å². The standard InChI is InChI=1S/C21H27NO/c1-4-18(5-2)17-19(6-3)20-11-7-8-12-21(20)23-16-15-22-13-9-10-14-22/h4,6-14H,5,15-17H2,1-3H3. The Balaban J connectivity index is 2.09. The summed E-state index contributed by atoms with van der Waals surface area (Å²) < 4.78 is 8.19. The molecule has 0 fully saturated rings. The Kier molecular flexibility index (Phi) is 6.74. The highest BCUT2D eigenvalue weighted by atomic mass is 16.5. The molecule has 1 aromatic carbocycles. The summed E-state index contributed by atoms with van der Waals surface area (Å²) in [5.74, 6) is 0.972. The molecule has 0 aliphatic heterocycles. The van der Waals surface area contributed by atoms with Crippen LogP contribution in [0.15, 0.2) is 66.5 Å². The van der Waals surface area contributed by atoms with E-state index >= 15 is 0 Å². The molecule has 0 aliphatic rings. The number of nitrogens with zero attached hydrogens (tertiary/aromatic N) is 1. The van der Waals surface area contributed by atoms with Gasteiger partial charge in [-0.3, -0.25) is 0 Å². The quantitative estimate of drug-likeness (QED) is 0.569. The van der Waals surface area contributed by atoms with Crippen molar-refractivity contribution in [1.29, 1.82) is 0 Å². The van der Waals surface area contributed by atoms with Gasteiger partial charge < -0.3 is 9.30 Å². The van der Waals surface area contributed by atoms with Crippen LogP contribution in [0.25, 0.3) is 5.57 Å². The first-order chi connectivity index (χ1) is 11.3. The maximum atomic E-state index is 6.06. The van der Waals surface area contributed by atoms with Crippen LogP contribution in [0.1, 0.15) is 39.2 Å². The van der Waals surface area contributed by atoms with E-state index < -0.39 is 0 Å². The molecule has 0 amide bonds. The minimum atomic E-state index is 0.674. The third-order valence-electron chi connectivity index (χ3n) is 4.13. The fraction of sp³-hybridized carbons (Fsp3) is 0.333. The van der Waals surface area contributed by atoms with Crippen molar-refractivity contribution >= 4 is 5.57 Å². The normalized spacial score (nSPS) is 12.5. The molecule has 0 aliphatic carbocycles. The molecule has 2 aromatic rings. The summed E-state index contributed by atoms with van der Waals surface area (Å²) in [6.07, 6.45) is 10.6. The second-order valence-electron chi connectivity index (χ2n) is 5.56. The lowest BCUT2D eigenvalue weighted by Gasteiger charge is -2.15. The van der Waals surface area contributed by atoms with Crippen LogP contribution < -0.4 is 4.74 Å². The number of hydrogen-bond acceptors (Lipinski definition) is 1. The second kappa shape index (κ2) is 9.04. The van der Waals surface area contributed by atoms with Crippen molar-refractivity contribution in [2.75, 3.05) is 6.61 Å². The van der Waals surface area contributed by atoms with E-state index in [0.717, 1.165) is 25.1 Å². The Morgan fingerprint density at radius 1 is 1.04 bits per heavy atom. The molecule has 23 heavy (non-hydrogen) atoms. The van der Waals surface area contributed by atoms with Crippen molar-refractivity contribution in [3.63, 3.8) is 0 Å². The van der Waals surface area contributed by atoms with Crippen LogP contribution in [0.5, 0.6) is 5.75 Å². The summed E-state index contributed by atoms with van der Waals surface area (Å²) in [5.41, 5.74) is 3.99. The Labute approximate surface area is 140 Å². The molecule has 1 aromatic heterocycles. The highest BCUT2D eigenvalue weighted by Gasteiger charge is 2.09. The van der Waals surface area contributed by atoms with Gasteiger partial charge in [-0.1, -0.05) is 42.8 Å². The van der Waals surface area contributed by atoms with Gasteiger partial charge in [0, 0.05) is 18.0 Å². The van der Waals surface area contributed by atoms with Crippen LogP contribution in [0, 0.1) is 0 Å². The minimum absolute atomic E-state index is 0.674. The predicted octanol–water partition coefficient (Wildman–Crippen LogP) is 5.72. The largest absolute Gasteiger partial charge is 0.491 e. The molecule has 0 atom stereocenters. The maximum absolute atomic E-state index is 6.06. The molecule has 0 unspecified atom stereocenters. The zero-order chi connectivity index (χ0) is 16.5. The van der Waals surface area contributed by atoms with Gasteiger partial charge in [-0.05, 0) is 50.5 Å². The molecule has 0 N–H and O–H groups in total. The van der Waals surface area contributed by atoms with E-state index in [1.54, 1.807) is 0 Å². The Morgan fingerprint density at radius 3 is 2.43 bits per heavy atom. The smallest absolute Gasteiger partial charge is 0.126 e. The molecule has 2 rings (SSSR count). The number of benzene rings is 1. The summed E-state index contributed by atoms with van der Waals surface area (Å²) in [6, 6.07) is 12.4.